The van der Waals surface area contributed by atoms with Gasteiger partial charge in [0.15, 0.2) is 5.03 Å². The standard InChI is InChI=1S/C11H11ClN4O4S/c1-16-10(8(12)5-14-16)21(19,20)15-9-3-2-6(13)4-7(9)11(17)18/h2-5,15H,13H2,1H3,(H,17,18). The highest BCUT2D eigenvalue weighted by atomic mass is 35.5. The molecule has 0 fully saturated rings. The van der Waals surface area contributed by atoms with Crippen molar-refractivity contribution in [1.29, 1.82) is 0 Å². The maximum Gasteiger partial charge on any atom is 0.337 e. The number of aryl methyl sites for hydroxylation is 1. The van der Waals surface area contributed by atoms with Crippen LogP contribution in [0.15, 0.2) is 29.4 Å². The van der Waals surface area contributed by atoms with Crippen molar-refractivity contribution < 1.29 is 18.3 Å². The topological polar surface area (TPSA) is 127 Å². The molecule has 0 aliphatic heterocycles. The van der Waals surface area contributed by atoms with Crippen LogP contribution in [0.4, 0.5) is 11.4 Å². The zero-order valence-corrected chi connectivity index (χ0v) is 12.3. The normalized spacial score (nSPS) is 11.3. The lowest BCUT2D eigenvalue weighted by Gasteiger charge is -2.11. The summed E-state index contributed by atoms with van der Waals surface area (Å²) in [5.74, 6) is -1.31. The van der Waals surface area contributed by atoms with Crippen LogP contribution in [0.25, 0.3) is 0 Å². The molecule has 2 aromatic rings. The van der Waals surface area contributed by atoms with E-state index in [-0.39, 0.29) is 27.0 Å². The minimum absolute atomic E-state index is 0.0719. The van der Waals surface area contributed by atoms with E-state index >= 15 is 0 Å². The number of nitrogens with zero attached hydrogens (tertiary/aromatic N) is 2. The van der Waals surface area contributed by atoms with Gasteiger partial charge in [-0.25, -0.2) is 4.79 Å². The number of nitrogens with one attached hydrogen (secondary N) is 1. The number of nitrogen functional groups attached to an aromatic ring is 1. The predicted molar refractivity (Wildman–Crippen MR) is 76.8 cm³/mol. The number of rotatable bonds is 4. The molecular weight excluding hydrogens is 320 g/mol. The molecule has 2 rings (SSSR count). The van der Waals surface area contributed by atoms with E-state index in [1.54, 1.807) is 0 Å². The molecular formula is C11H11ClN4O4S. The fourth-order valence-corrected chi connectivity index (χ4v) is 3.46. The van der Waals surface area contributed by atoms with Crippen molar-refractivity contribution in [2.45, 2.75) is 5.03 Å². The van der Waals surface area contributed by atoms with Crippen molar-refractivity contribution in [2.75, 3.05) is 10.5 Å². The Morgan fingerprint density at radius 1 is 1.48 bits per heavy atom. The molecule has 0 bridgehead atoms. The van der Waals surface area contributed by atoms with E-state index in [0.717, 1.165) is 10.7 Å². The van der Waals surface area contributed by atoms with Crippen LogP contribution in [0.5, 0.6) is 0 Å². The Hall–Kier alpha value is -2.26. The number of carboxylic acids is 1. The van der Waals surface area contributed by atoms with Crippen LogP contribution in [0.3, 0.4) is 0 Å². The summed E-state index contributed by atoms with van der Waals surface area (Å²) in [5, 5.41) is 12.5. The fourth-order valence-electron chi connectivity index (χ4n) is 1.72. The Morgan fingerprint density at radius 2 is 2.14 bits per heavy atom. The molecule has 0 saturated carbocycles. The van der Waals surface area contributed by atoms with Crippen molar-refractivity contribution in [3.05, 3.63) is 35.0 Å². The van der Waals surface area contributed by atoms with E-state index in [0.29, 0.717) is 0 Å². The molecule has 10 heteroatoms. The van der Waals surface area contributed by atoms with Gasteiger partial charge in [-0.05, 0) is 18.2 Å². The lowest BCUT2D eigenvalue weighted by Crippen LogP contribution is -2.19. The van der Waals surface area contributed by atoms with Gasteiger partial charge >= 0.3 is 5.97 Å². The lowest BCUT2D eigenvalue weighted by molar-refractivity contribution is 0.0698. The van der Waals surface area contributed by atoms with E-state index in [4.69, 9.17) is 22.4 Å². The summed E-state index contributed by atoms with van der Waals surface area (Å²) in [6.07, 6.45) is 1.18. The SMILES string of the molecule is Cn1ncc(Cl)c1S(=O)(=O)Nc1ccc(N)cc1C(=O)O. The molecule has 0 spiro atoms. The number of benzene rings is 1. The molecule has 0 unspecified atom stereocenters. The minimum atomic E-state index is -4.09. The zero-order chi connectivity index (χ0) is 15.8. The van der Waals surface area contributed by atoms with E-state index in [1.165, 1.54) is 25.4 Å². The van der Waals surface area contributed by atoms with Crippen LogP contribution in [0, 0.1) is 0 Å². The molecule has 0 aliphatic carbocycles. The molecule has 0 atom stereocenters. The molecule has 4 N–H and O–H groups in total. The van der Waals surface area contributed by atoms with Crippen molar-refractivity contribution in [1.82, 2.24) is 9.78 Å². The quantitative estimate of drug-likeness (QED) is 0.722. The van der Waals surface area contributed by atoms with Crippen molar-refractivity contribution >= 4 is 39.0 Å². The van der Waals surface area contributed by atoms with E-state index in [1.807, 2.05) is 0 Å². The van der Waals surface area contributed by atoms with Gasteiger partial charge in [-0.1, -0.05) is 11.6 Å². The van der Waals surface area contributed by atoms with Crippen molar-refractivity contribution in [2.24, 2.45) is 7.05 Å². The first kappa shape index (κ1) is 15.1. The lowest BCUT2D eigenvalue weighted by atomic mass is 10.1. The number of carboxylic acid groups (broad SMARTS) is 1. The molecule has 0 amide bonds. The third-order valence-electron chi connectivity index (χ3n) is 2.62. The maximum absolute atomic E-state index is 12.3. The first-order valence-corrected chi connectivity index (χ1v) is 7.41. The maximum atomic E-state index is 12.3. The molecule has 112 valence electrons. The number of hydrogen-bond donors (Lipinski definition) is 3. The second-order valence-corrected chi connectivity index (χ2v) is 6.14. The highest BCUT2D eigenvalue weighted by Gasteiger charge is 2.24. The Morgan fingerprint density at radius 3 is 2.67 bits per heavy atom. The predicted octanol–water partition coefficient (Wildman–Crippen LogP) is 1.15. The summed E-state index contributed by atoms with van der Waals surface area (Å²) in [6, 6.07) is 3.81. The summed E-state index contributed by atoms with van der Waals surface area (Å²) >= 11 is 5.78. The Bertz CT molecular complexity index is 796. The van der Waals surface area contributed by atoms with Crippen LogP contribution < -0.4 is 10.5 Å². The summed E-state index contributed by atoms with van der Waals surface area (Å²) < 4.78 is 27.8. The zero-order valence-electron chi connectivity index (χ0n) is 10.7. The Kier molecular flexibility index (Phi) is 3.79. The number of carbonyl (C=O) groups is 1. The van der Waals surface area contributed by atoms with Gasteiger partial charge < -0.3 is 10.8 Å². The van der Waals surface area contributed by atoms with Gasteiger partial charge in [0.25, 0.3) is 10.0 Å². The second kappa shape index (κ2) is 5.26. The number of anilines is 2. The Balaban J connectivity index is 2.50. The highest BCUT2D eigenvalue weighted by Crippen LogP contribution is 2.25. The molecule has 1 aromatic carbocycles. The van der Waals surface area contributed by atoms with Gasteiger partial charge in [-0.2, -0.15) is 13.5 Å². The molecule has 21 heavy (non-hydrogen) atoms. The van der Waals surface area contributed by atoms with Crippen LogP contribution in [-0.2, 0) is 17.1 Å². The number of halogens is 1. The van der Waals surface area contributed by atoms with Gasteiger partial charge in [-0.3, -0.25) is 9.40 Å². The molecule has 0 aliphatic rings. The van der Waals surface area contributed by atoms with Gasteiger partial charge in [0, 0.05) is 12.7 Å². The first-order chi connectivity index (χ1) is 9.72. The van der Waals surface area contributed by atoms with Crippen molar-refractivity contribution in [3.63, 3.8) is 0 Å². The van der Waals surface area contributed by atoms with Crippen LogP contribution in [0.1, 0.15) is 10.4 Å². The average molecular weight is 331 g/mol. The smallest absolute Gasteiger partial charge is 0.337 e. The summed E-state index contributed by atoms with van der Waals surface area (Å²) in [4.78, 5) is 11.1. The number of nitrogens with two attached hydrogens (primary N) is 1. The van der Waals surface area contributed by atoms with E-state index in [2.05, 4.69) is 9.82 Å². The van der Waals surface area contributed by atoms with Gasteiger partial charge in [-0.15, -0.1) is 0 Å². The van der Waals surface area contributed by atoms with E-state index in [9.17, 15) is 13.2 Å². The monoisotopic (exact) mass is 330 g/mol. The summed E-state index contributed by atoms with van der Waals surface area (Å²) in [5.41, 5.74) is 5.32. The number of aromatic carboxylic acids is 1. The minimum Gasteiger partial charge on any atom is -0.478 e. The number of aromatic nitrogens is 2. The number of hydrogen-bond acceptors (Lipinski definition) is 5. The van der Waals surface area contributed by atoms with Gasteiger partial charge in [0.1, 0.15) is 0 Å². The van der Waals surface area contributed by atoms with Crippen molar-refractivity contribution in [3.8, 4) is 0 Å². The third-order valence-corrected chi connectivity index (χ3v) is 4.49. The molecule has 1 aromatic heterocycles. The largest absolute Gasteiger partial charge is 0.478 e. The van der Waals surface area contributed by atoms with Crippen LogP contribution in [-0.4, -0.2) is 29.3 Å². The summed E-state index contributed by atoms with van der Waals surface area (Å²) in [7, 11) is -2.68. The fraction of sp³-hybridized carbons (Fsp3) is 0.0909. The second-order valence-electron chi connectivity index (χ2n) is 4.14. The highest BCUT2D eigenvalue weighted by molar-refractivity contribution is 7.92. The third kappa shape index (κ3) is 2.93. The molecule has 0 saturated heterocycles. The summed E-state index contributed by atoms with van der Waals surface area (Å²) in [6.45, 7) is 0. The van der Waals surface area contributed by atoms with Crippen LogP contribution >= 0.6 is 11.6 Å². The molecule has 0 radical (unpaired) electrons. The number of sulfonamides is 1. The van der Waals surface area contributed by atoms with Crippen LogP contribution in [0.2, 0.25) is 5.02 Å². The average Bonchev–Trinajstić information content (AvgIpc) is 2.71. The Labute approximate surface area is 125 Å². The van der Waals surface area contributed by atoms with E-state index < -0.39 is 16.0 Å². The first-order valence-electron chi connectivity index (χ1n) is 5.55. The molecule has 8 nitrogen and oxygen atoms in total. The molecule has 1 heterocycles. The van der Waals surface area contributed by atoms with Gasteiger partial charge in [0.2, 0.25) is 0 Å². The van der Waals surface area contributed by atoms with Gasteiger partial charge in [0.05, 0.1) is 22.5 Å².